The number of benzene rings is 1. The summed E-state index contributed by atoms with van der Waals surface area (Å²) in [6.07, 6.45) is 1.91. The maximum atomic E-state index is 5.18. The van der Waals surface area contributed by atoms with Crippen molar-refractivity contribution in [2.45, 2.75) is 26.7 Å². The van der Waals surface area contributed by atoms with Gasteiger partial charge in [0.05, 0.1) is 0 Å². The highest BCUT2D eigenvalue weighted by Gasteiger charge is 2.01. The van der Waals surface area contributed by atoms with Crippen LogP contribution >= 0.6 is 12.2 Å². The highest BCUT2D eigenvalue weighted by atomic mass is 32.1. The van der Waals surface area contributed by atoms with Crippen LogP contribution in [0.3, 0.4) is 0 Å². The average Bonchev–Trinajstić information content (AvgIpc) is 2.38. The molecule has 0 saturated carbocycles. The van der Waals surface area contributed by atoms with Crippen LogP contribution in [-0.4, -0.2) is 9.97 Å². The van der Waals surface area contributed by atoms with Crippen LogP contribution in [0.5, 0.6) is 0 Å². The molecule has 0 bridgehead atoms. The van der Waals surface area contributed by atoms with Crippen LogP contribution in [0, 0.1) is 4.64 Å². The lowest BCUT2D eigenvalue weighted by Crippen LogP contribution is -1.95. The summed E-state index contributed by atoms with van der Waals surface area (Å²) in [5, 5.41) is 0. The Labute approximate surface area is 107 Å². The molecule has 1 aromatic heterocycles. The van der Waals surface area contributed by atoms with Gasteiger partial charge in [0.15, 0.2) is 0 Å². The first kappa shape index (κ1) is 12.0. The third-order valence-corrected chi connectivity index (χ3v) is 2.98. The number of aromatic amines is 1. The van der Waals surface area contributed by atoms with Gasteiger partial charge in [0, 0.05) is 12.1 Å². The lowest BCUT2D eigenvalue weighted by molar-refractivity contribution is 0.936. The quantitative estimate of drug-likeness (QED) is 0.829. The van der Waals surface area contributed by atoms with Crippen molar-refractivity contribution in [3.8, 4) is 11.3 Å². The second kappa shape index (κ2) is 5.23. The molecule has 0 aliphatic carbocycles. The Morgan fingerprint density at radius 2 is 2.00 bits per heavy atom. The number of H-pyrrole nitrogens is 1. The highest BCUT2D eigenvalue weighted by Crippen LogP contribution is 2.18. The summed E-state index contributed by atoms with van der Waals surface area (Å²) >= 11 is 5.18. The molecule has 2 rings (SSSR count). The van der Waals surface area contributed by atoms with Gasteiger partial charge in [-0.3, -0.25) is 0 Å². The Balaban J connectivity index is 2.51. The van der Waals surface area contributed by atoms with E-state index in [0.717, 1.165) is 24.4 Å². The van der Waals surface area contributed by atoms with Crippen LogP contribution in [0.15, 0.2) is 30.3 Å². The molecule has 0 fully saturated rings. The Hall–Kier alpha value is -1.48. The molecule has 1 N–H and O–H groups in total. The minimum absolute atomic E-state index is 0.650. The van der Waals surface area contributed by atoms with Gasteiger partial charge in [-0.05, 0) is 29.7 Å². The largest absolute Gasteiger partial charge is 0.343 e. The summed E-state index contributed by atoms with van der Waals surface area (Å²) in [7, 11) is 0. The van der Waals surface area contributed by atoms with Crippen LogP contribution < -0.4 is 0 Å². The number of hydrogen-bond acceptors (Lipinski definition) is 2. The first-order valence-corrected chi connectivity index (χ1v) is 6.33. The SMILES string of the molecule is CCc1cccc(-c2cc(=S)nc(CC)[nH]2)c1. The predicted octanol–water partition coefficient (Wildman–Crippen LogP) is 3.93. The van der Waals surface area contributed by atoms with Gasteiger partial charge in [-0.1, -0.05) is 44.3 Å². The lowest BCUT2D eigenvalue weighted by Gasteiger charge is -2.06. The van der Waals surface area contributed by atoms with E-state index in [-0.39, 0.29) is 0 Å². The molecule has 0 aliphatic heterocycles. The van der Waals surface area contributed by atoms with Gasteiger partial charge in [-0.25, -0.2) is 4.98 Å². The minimum atomic E-state index is 0.650. The standard InChI is InChI=1S/C14H16N2S/c1-3-10-6-5-7-11(8-10)12-9-14(17)16-13(4-2)15-12/h5-9H,3-4H2,1-2H3,(H,15,16,17). The van der Waals surface area contributed by atoms with Crippen LogP contribution in [-0.2, 0) is 12.8 Å². The van der Waals surface area contributed by atoms with Gasteiger partial charge < -0.3 is 4.98 Å². The van der Waals surface area contributed by atoms with Crippen molar-refractivity contribution in [3.05, 3.63) is 46.4 Å². The fourth-order valence-electron chi connectivity index (χ4n) is 1.79. The van der Waals surface area contributed by atoms with Crippen molar-refractivity contribution in [2.24, 2.45) is 0 Å². The topological polar surface area (TPSA) is 28.7 Å². The monoisotopic (exact) mass is 244 g/mol. The van der Waals surface area contributed by atoms with Gasteiger partial charge in [0.1, 0.15) is 10.5 Å². The van der Waals surface area contributed by atoms with Crippen molar-refractivity contribution in [1.82, 2.24) is 9.97 Å². The molecular weight excluding hydrogens is 228 g/mol. The molecule has 1 heterocycles. The molecule has 17 heavy (non-hydrogen) atoms. The van der Waals surface area contributed by atoms with Gasteiger partial charge in [0.25, 0.3) is 0 Å². The molecule has 0 unspecified atom stereocenters. The number of nitrogens with one attached hydrogen (secondary N) is 1. The van der Waals surface area contributed by atoms with Crippen LogP contribution in [0.4, 0.5) is 0 Å². The Kier molecular flexibility index (Phi) is 3.69. The molecule has 0 radical (unpaired) electrons. The van der Waals surface area contributed by atoms with Gasteiger partial charge in [0.2, 0.25) is 0 Å². The summed E-state index contributed by atoms with van der Waals surface area (Å²) in [4.78, 5) is 7.60. The molecule has 1 aromatic carbocycles. The average molecular weight is 244 g/mol. The number of aromatic nitrogens is 2. The summed E-state index contributed by atoms with van der Waals surface area (Å²) in [6, 6.07) is 10.4. The smallest absolute Gasteiger partial charge is 0.130 e. The molecule has 3 heteroatoms. The Morgan fingerprint density at radius 3 is 2.71 bits per heavy atom. The van der Waals surface area contributed by atoms with Crippen molar-refractivity contribution >= 4 is 12.2 Å². The fraction of sp³-hybridized carbons (Fsp3) is 0.286. The minimum Gasteiger partial charge on any atom is -0.343 e. The normalized spacial score (nSPS) is 10.5. The van der Waals surface area contributed by atoms with Crippen molar-refractivity contribution < 1.29 is 0 Å². The fourth-order valence-corrected chi connectivity index (χ4v) is 2.02. The second-order valence-corrected chi connectivity index (χ2v) is 4.41. The van der Waals surface area contributed by atoms with E-state index in [9.17, 15) is 0 Å². The molecule has 2 nitrogen and oxygen atoms in total. The maximum Gasteiger partial charge on any atom is 0.130 e. The van der Waals surface area contributed by atoms with Crippen LogP contribution in [0.2, 0.25) is 0 Å². The molecule has 2 aromatic rings. The lowest BCUT2D eigenvalue weighted by atomic mass is 10.1. The summed E-state index contributed by atoms with van der Waals surface area (Å²) in [6.45, 7) is 4.23. The number of nitrogens with zero attached hydrogens (tertiary/aromatic N) is 1. The highest BCUT2D eigenvalue weighted by molar-refractivity contribution is 7.71. The van der Waals surface area contributed by atoms with E-state index < -0.39 is 0 Å². The van der Waals surface area contributed by atoms with Crippen molar-refractivity contribution in [1.29, 1.82) is 0 Å². The summed E-state index contributed by atoms with van der Waals surface area (Å²) in [5.41, 5.74) is 3.56. The Morgan fingerprint density at radius 1 is 1.18 bits per heavy atom. The third kappa shape index (κ3) is 2.80. The van der Waals surface area contributed by atoms with Gasteiger partial charge in [-0.2, -0.15) is 0 Å². The molecule has 0 amide bonds. The zero-order valence-corrected chi connectivity index (χ0v) is 11.0. The molecule has 0 aliphatic rings. The molecule has 88 valence electrons. The molecule has 0 spiro atoms. The van der Waals surface area contributed by atoms with E-state index in [1.165, 1.54) is 11.1 Å². The van der Waals surface area contributed by atoms with Crippen LogP contribution in [0.25, 0.3) is 11.3 Å². The second-order valence-electron chi connectivity index (χ2n) is 3.99. The van der Waals surface area contributed by atoms with Crippen molar-refractivity contribution in [3.63, 3.8) is 0 Å². The van der Waals surface area contributed by atoms with E-state index in [0.29, 0.717) is 4.64 Å². The summed E-state index contributed by atoms with van der Waals surface area (Å²) < 4.78 is 0.650. The number of aryl methyl sites for hydroxylation is 2. The number of hydrogen-bond donors (Lipinski definition) is 1. The van der Waals surface area contributed by atoms with Gasteiger partial charge >= 0.3 is 0 Å². The van der Waals surface area contributed by atoms with Crippen molar-refractivity contribution in [2.75, 3.05) is 0 Å². The number of rotatable bonds is 3. The third-order valence-electron chi connectivity index (χ3n) is 2.77. The first-order valence-electron chi connectivity index (χ1n) is 5.92. The van der Waals surface area contributed by atoms with E-state index in [4.69, 9.17) is 12.2 Å². The maximum absolute atomic E-state index is 5.18. The predicted molar refractivity (Wildman–Crippen MR) is 73.6 cm³/mol. The molecular formula is C14H16N2S. The van der Waals surface area contributed by atoms with E-state index in [2.05, 4.69) is 48.1 Å². The molecule has 0 atom stereocenters. The van der Waals surface area contributed by atoms with E-state index in [1.807, 2.05) is 6.07 Å². The zero-order chi connectivity index (χ0) is 12.3. The van der Waals surface area contributed by atoms with Gasteiger partial charge in [-0.15, -0.1) is 0 Å². The first-order chi connectivity index (χ1) is 8.22. The van der Waals surface area contributed by atoms with E-state index >= 15 is 0 Å². The summed E-state index contributed by atoms with van der Waals surface area (Å²) in [5.74, 6) is 0.939. The molecule has 0 saturated heterocycles. The van der Waals surface area contributed by atoms with E-state index in [1.54, 1.807) is 0 Å². The zero-order valence-electron chi connectivity index (χ0n) is 10.2. The Bertz CT molecular complexity index is 572. The van der Waals surface area contributed by atoms with Crippen LogP contribution in [0.1, 0.15) is 25.2 Å².